The summed E-state index contributed by atoms with van der Waals surface area (Å²) in [4.78, 5) is 10.6. The molecule has 4 nitrogen and oxygen atoms in total. The van der Waals surface area contributed by atoms with Crippen LogP contribution >= 0.6 is 0 Å². The number of nitrogens with one attached hydrogen (secondary N) is 1. The summed E-state index contributed by atoms with van der Waals surface area (Å²) in [6.45, 7) is 0. The molecule has 0 unspecified atom stereocenters. The third-order valence-corrected chi connectivity index (χ3v) is 4.51. The Morgan fingerprint density at radius 2 is 2.20 bits per heavy atom. The Hall–Kier alpha value is -1.06. The first-order valence-corrected chi connectivity index (χ1v) is 5.87. The number of hydrogen-bond acceptors (Lipinski definition) is 2. The van der Waals surface area contributed by atoms with Crippen molar-refractivity contribution in [3.63, 3.8) is 0 Å². The number of urea groups is 1. The largest absolute Gasteiger partial charge is 0.350 e. The van der Waals surface area contributed by atoms with E-state index in [1.807, 2.05) is 0 Å². The maximum Gasteiger partial charge on any atom is 0.332 e. The van der Waals surface area contributed by atoms with Gasteiger partial charge in [-0.1, -0.05) is 6.42 Å². The van der Waals surface area contributed by atoms with Crippen LogP contribution in [0.5, 0.6) is 0 Å². The molecule has 0 aromatic carbocycles. The van der Waals surface area contributed by atoms with Crippen LogP contribution in [0, 0.1) is 23.7 Å². The van der Waals surface area contributed by atoms with Gasteiger partial charge in [-0.05, 0) is 43.4 Å². The van der Waals surface area contributed by atoms with Crippen LogP contribution in [0.1, 0.15) is 32.1 Å². The van der Waals surface area contributed by atoms with E-state index in [1.165, 1.54) is 31.4 Å². The molecule has 15 heavy (non-hydrogen) atoms. The first-order valence-electron chi connectivity index (χ1n) is 5.87. The van der Waals surface area contributed by atoms with E-state index in [0.717, 1.165) is 24.2 Å². The van der Waals surface area contributed by atoms with E-state index >= 15 is 0 Å². The fourth-order valence-corrected chi connectivity index (χ4v) is 4.07. The van der Waals surface area contributed by atoms with Crippen molar-refractivity contribution in [1.29, 1.82) is 0 Å². The lowest BCUT2D eigenvalue weighted by Gasteiger charge is -2.25. The lowest BCUT2D eigenvalue weighted by molar-refractivity contribution is 0.249. The Balaban J connectivity index is 1.75. The normalized spacial score (nSPS) is 44.7. The highest BCUT2D eigenvalue weighted by Gasteiger charge is 2.52. The molecule has 3 aliphatic carbocycles. The summed E-state index contributed by atoms with van der Waals surface area (Å²) in [7, 11) is 0. The van der Waals surface area contributed by atoms with Crippen LogP contribution < -0.4 is 11.2 Å². The number of rotatable bonds is 1. The van der Waals surface area contributed by atoms with Crippen molar-refractivity contribution in [3.05, 3.63) is 0 Å². The van der Waals surface area contributed by atoms with Crippen LogP contribution in [0.15, 0.2) is 5.10 Å². The monoisotopic (exact) mass is 207 g/mol. The molecule has 3 fully saturated rings. The van der Waals surface area contributed by atoms with E-state index in [-0.39, 0.29) is 0 Å². The van der Waals surface area contributed by atoms with Crippen molar-refractivity contribution in [2.45, 2.75) is 32.1 Å². The Morgan fingerprint density at radius 1 is 1.40 bits per heavy atom. The zero-order valence-corrected chi connectivity index (χ0v) is 8.78. The van der Waals surface area contributed by atoms with E-state index in [2.05, 4.69) is 10.5 Å². The topological polar surface area (TPSA) is 67.5 Å². The molecule has 0 aliphatic heterocycles. The Morgan fingerprint density at radius 3 is 3.00 bits per heavy atom. The molecule has 4 heteroatoms. The lowest BCUT2D eigenvalue weighted by atomic mass is 9.81. The third-order valence-electron chi connectivity index (χ3n) is 4.51. The van der Waals surface area contributed by atoms with Gasteiger partial charge in [0, 0.05) is 11.6 Å². The lowest BCUT2D eigenvalue weighted by Crippen LogP contribution is -2.30. The predicted octanol–water partition coefficient (Wildman–Crippen LogP) is 1.47. The fourth-order valence-electron chi connectivity index (χ4n) is 4.07. The highest BCUT2D eigenvalue weighted by Crippen LogP contribution is 2.57. The number of nitrogens with two attached hydrogens (primary N) is 1. The minimum Gasteiger partial charge on any atom is -0.350 e. The molecule has 3 N–H and O–H groups in total. The van der Waals surface area contributed by atoms with Gasteiger partial charge in [0.1, 0.15) is 0 Å². The summed E-state index contributed by atoms with van der Waals surface area (Å²) in [5, 5.41) is 4.16. The second-order valence-corrected chi connectivity index (χ2v) is 5.14. The van der Waals surface area contributed by atoms with Crippen molar-refractivity contribution in [3.8, 4) is 0 Å². The molecule has 3 aliphatic rings. The average Bonchev–Trinajstić information content (AvgIpc) is 2.86. The van der Waals surface area contributed by atoms with E-state index in [9.17, 15) is 4.79 Å². The van der Waals surface area contributed by atoms with Crippen LogP contribution in [0.4, 0.5) is 4.79 Å². The van der Waals surface area contributed by atoms with E-state index < -0.39 is 6.03 Å². The number of hydrogen-bond donors (Lipinski definition) is 2. The maximum absolute atomic E-state index is 10.6. The Bertz CT molecular complexity index is 326. The first-order chi connectivity index (χ1) is 7.25. The molecule has 2 bridgehead atoms. The van der Waals surface area contributed by atoms with Gasteiger partial charge in [-0.3, -0.25) is 0 Å². The molecule has 0 aromatic rings. The van der Waals surface area contributed by atoms with Gasteiger partial charge in [0.25, 0.3) is 0 Å². The summed E-state index contributed by atoms with van der Waals surface area (Å²) in [6.07, 6.45) is 6.56. The number of fused-ring (bicyclic) bond motifs is 5. The van der Waals surface area contributed by atoms with Gasteiger partial charge in [0.15, 0.2) is 0 Å². The molecule has 3 saturated carbocycles. The van der Waals surface area contributed by atoms with Gasteiger partial charge in [0.05, 0.1) is 0 Å². The van der Waals surface area contributed by atoms with Crippen LogP contribution in [-0.4, -0.2) is 11.7 Å². The summed E-state index contributed by atoms with van der Waals surface area (Å²) in [6, 6.07) is -0.548. The highest BCUT2D eigenvalue weighted by atomic mass is 16.2. The highest BCUT2D eigenvalue weighted by molar-refractivity contribution is 5.91. The van der Waals surface area contributed by atoms with E-state index in [4.69, 9.17) is 5.73 Å². The molecule has 0 aromatic heterocycles. The number of carbonyl (C=O) groups is 1. The molecule has 82 valence electrons. The van der Waals surface area contributed by atoms with E-state index in [0.29, 0.717) is 5.92 Å². The summed E-state index contributed by atoms with van der Waals surface area (Å²) in [5.74, 6) is 3.31. The van der Waals surface area contributed by atoms with Gasteiger partial charge in [-0.2, -0.15) is 5.10 Å². The van der Waals surface area contributed by atoms with Gasteiger partial charge >= 0.3 is 6.03 Å². The van der Waals surface area contributed by atoms with Crippen molar-refractivity contribution in [2.75, 3.05) is 0 Å². The van der Waals surface area contributed by atoms with Gasteiger partial charge in [-0.25, -0.2) is 10.2 Å². The summed E-state index contributed by atoms with van der Waals surface area (Å²) in [5.41, 5.74) is 8.59. The van der Waals surface area contributed by atoms with Crippen molar-refractivity contribution in [1.82, 2.24) is 5.43 Å². The molecule has 0 saturated heterocycles. The minimum atomic E-state index is -0.548. The standard InChI is InChI=1S/C11H17N3O/c12-11(15)14-13-10-5-6-4-9(10)8-3-1-2-7(6)8/h6-9H,1-5H2,(H3,12,14,15)/b13-10+/t6-,7-,8-,9+/m1/s1. The number of hydrazone groups is 1. The van der Waals surface area contributed by atoms with Crippen LogP contribution in [0.3, 0.4) is 0 Å². The molecule has 0 spiro atoms. The summed E-state index contributed by atoms with van der Waals surface area (Å²) >= 11 is 0. The van der Waals surface area contributed by atoms with Crippen molar-refractivity contribution < 1.29 is 4.79 Å². The number of nitrogens with zero attached hydrogens (tertiary/aromatic N) is 1. The second kappa shape index (κ2) is 3.22. The van der Waals surface area contributed by atoms with Gasteiger partial charge < -0.3 is 5.73 Å². The predicted molar refractivity (Wildman–Crippen MR) is 57.2 cm³/mol. The van der Waals surface area contributed by atoms with Crippen molar-refractivity contribution >= 4 is 11.7 Å². The summed E-state index contributed by atoms with van der Waals surface area (Å²) < 4.78 is 0. The first kappa shape index (κ1) is 9.19. The smallest absolute Gasteiger partial charge is 0.332 e. The third kappa shape index (κ3) is 1.34. The zero-order valence-electron chi connectivity index (χ0n) is 8.78. The molecule has 3 rings (SSSR count). The second-order valence-electron chi connectivity index (χ2n) is 5.14. The molecule has 4 atom stereocenters. The SMILES string of the molecule is NC(=O)N/N=C1\C[C@H]2C[C@H]1[C@@H]1CCC[C@H]21. The number of carbonyl (C=O) groups excluding carboxylic acids is 1. The van der Waals surface area contributed by atoms with E-state index in [1.54, 1.807) is 0 Å². The Kier molecular flexibility index (Phi) is 1.97. The van der Waals surface area contributed by atoms with Crippen LogP contribution in [0.2, 0.25) is 0 Å². The quantitative estimate of drug-likeness (QED) is 0.628. The molecular weight excluding hydrogens is 190 g/mol. The fraction of sp³-hybridized carbons (Fsp3) is 0.818. The minimum absolute atomic E-state index is 0.548. The average molecular weight is 207 g/mol. The number of amides is 2. The van der Waals surface area contributed by atoms with Crippen molar-refractivity contribution in [2.24, 2.45) is 34.5 Å². The Labute approximate surface area is 89.3 Å². The van der Waals surface area contributed by atoms with Crippen LogP contribution in [-0.2, 0) is 0 Å². The van der Waals surface area contributed by atoms with Crippen LogP contribution in [0.25, 0.3) is 0 Å². The molecule has 0 heterocycles. The maximum atomic E-state index is 10.6. The zero-order chi connectivity index (χ0) is 10.4. The van der Waals surface area contributed by atoms with Gasteiger partial charge in [-0.15, -0.1) is 0 Å². The molecule has 2 amide bonds. The molecule has 0 radical (unpaired) electrons. The molecular formula is C11H17N3O. The number of primary amides is 1. The van der Waals surface area contributed by atoms with Gasteiger partial charge in [0.2, 0.25) is 0 Å².